The van der Waals surface area contributed by atoms with E-state index >= 15 is 0 Å². The van der Waals surface area contributed by atoms with E-state index in [4.69, 9.17) is 43.0 Å². The van der Waals surface area contributed by atoms with Crippen molar-refractivity contribution in [3.05, 3.63) is 87.3 Å². The van der Waals surface area contributed by atoms with Crippen LogP contribution >= 0.6 is 35.0 Å². The molecule has 0 unspecified atom stereocenters. The smallest absolute Gasteiger partial charge is 1.00 e. The molecule has 18 nitrogen and oxygen atoms in total. The third kappa shape index (κ3) is 27.8. The Morgan fingerprint density at radius 3 is 1.58 bits per heavy atom. The van der Waals surface area contributed by atoms with Gasteiger partial charge in [-0.15, -0.1) is 12.4 Å². The molecule has 0 radical (unpaired) electrons. The first-order valence-electron chi connectivity index (χ1n) is 23.2. The molecule has 76 heavy (non-hydrogen) atoms. The summed E-state index contributed by atoms with van der Waals surface area (Å²) in [6.45, 7) is 23.8. The Hall–Kier alpha value is -1.46. The van der Waals surface area contributed by atoms with Crippen LogP contribution in [0.3, 0.4) is 0 Å². The maximum absolute atomic E-state index is 12.1. The molecule has 0 atom stereocenters. The van der Waals surface area contributed by atoms with Gasteiger partial charge in [0, 0.05) is 55.9 Å². The molecule has 4 aliphatic heterocycles. The number of carbonyl (C=O) groups excluding carboxylic acids is 3. The van der Waals surface area contributed by atoms with Crippen molar-refractivity contribution in [1.82, 2.24) is 30.1 Å². The van der Waals surface area contributed by atoms with Gasteiger partial charge in [-0.1, -0.05) is 40.5 Å². The first-order valence-corrected chi connectivity index (χ1v) is 24.3. The van der Waals surface area contributed by atoms with Crippen molar-refractivity contribution in [3.63, 3.8) is 0 Å². The van der Waals surface area contributed by atoms with E-state index in [9.17, 15) is 9.59 Å². The molecule has 0 aromatic carbocycles. The van der Waals surface area contributed by atoms with Crippen molar-refractivity contribution in [2.24, 2.45) is 0 Å². The molecule has 2 saturated heterocycles. The number of aromatic nitrogens is 3. The number of nitrogens with one attached hydrogen (secondary N) is 1. The van der Waals surface area contributed by atoms with E-state index in [1.54, 1.807) is 49.7 Å². The fourth-order valence-electron chi connectivity index (χ4n) is 7.13. The average Bonchev–Trinajstić information content (AvgIpc) is 3.56. The first-order chi connectivity index (χ1) is 33.0. The molecule has 3 aromatic heterocycles. The van der Waals surface area contributed by atoms with Gasteiger partial charge in [-0.2, -0.15) is 0 Å². The number of hydrogen-bond acceptors (Lipinski definition) is 16. The summed E-state index contributed by atoms with van der Waals surface area (Å²) in [5, 5.41) is 11.8. The van der Waals surface area contributed by atoms with Crippen LogP contribution in [0.4, 0.5) is 9.59 Å². The molecular formula is C53H87BClIK2N6O12. The van der Waals surface area contributed by atoms with E-state index in [1.165, 1.54) is 18.4 Å². The van der Waals surface area contributed by atoms with Crippen LogP contribution in [-0.4, -0.2) is 134 Å². The number of ether oxygens (including phenoxy) is 5. The van der Waals surface area contributed by atoms with Gasteiger partial charge in [-0.25, -0.2) is 24.5 Å². The Balaban J connectivity index is -0.000000293. The largest absolute Gasteiger partial charge is 1.00 e. The summed E-state index contributed by atoms with van der Waals surface area (Å²) in [4.78, 5) is 51.1. The van der Waals surface area contributed by atoms with E-state index in [0.29, 0.717) is 43.9 Å². The Labute approximate surface area is 562 Å². The van der Waals surface area contributed by atoms with Crippen LogP contribution in [0, 0.1) is 3.57 Å². The average molecular weight is 1250 g/mol. The number of amides is 2. The van der Waals surface area contributed by atoms with Gasteiger partial charge in [-0.3, -0.25) is 4.79 Å². The van der Waals surface area contributed by atoms with Gasteiger partial charge >= 0.3 is 122 Å². The second-order valence-corrected chi connectivity index (χ2v) is 20.5. The van der Waals surface area contributed by atoms with Crippen molar-refractivity contribution < 1.29 is 162 Å². The van der Waals surface area contributed by atoms with Gasteiger partial charge in [0.15, 0.2) is 0 Å². The molecule has 0 saturated carbocycles. The molecule has 0 bridgehead atoms. The van der Waals surface area contributed by atoms with Crippen LogP contribution < -0.4 is 128 Å². The fourth-order valence-corrected chi connectivity index (χ4v) is 7.70. The molecule has 0 spiro atoms. The minimum absolute atomic E-state index is 0. The summed E-state index contributed by atoms with van der Waals surface area (Å²) in [5.74, 6) is 2.71. The Morgan fingerprint density at radius 1 is 0.750 bits per heavy atom. The summed E-state index contributed by atoms with van der Waals surface area (Å²) in [7, 11) is 4.60. The number of halogens is 2. The normalized spacial score (nSPS) is 16.0. The maximum Gasteiger partial charge on any atom is 1.00 e. The van der Waals surface area contributed by atoms with E-state index in [2.05, 4.69) is 53.8 Å². The van der Waals surface area contributed by atoms with Crippen LogP contribution in [0.15, 0.2) is 72.6 Å². The van der Waals surface area contributed by atoms with E-state index in [0.717, 1.165) is 52.0 Å². The first kappa shape index (κ1) is 81.0. The number of rotatable bonds is 7. The second kappa shape index (κ2) is 39.9. The Bertz CT molecular complexity index is 2190. The van der Waals surface area contributed by atoms with Crippen molar-refractivity contribution in [3.8, 4) is 17.6 Å². The van der Waals surface area contributed by atoms with Crippen LogP contribution in [0.25, 0.3) is 5.57 Å². The number of piperidine rings is 1. The molecule has 1 N–H and O–H groups in total. The summed E-state index contributed by atoms with van der Waals surface area (Å²) < 4.78 is 39.4. The molecule has 0 aliphatic carbocycles. The van der Waals surface area contributed by atoms with Gasteiger partial charge in [0.25, 0.3) is 6.47 Å². The molecule has 4 aliphatic rings. The van der Waals surface area contributed by atoms with Gasteiger partial charge in [0.05, 0.1) is 36.1 Å². The van der Waals surface area contributed by atoms with Crippen molar-refractivity contribution in [2.45, 2.75) is 146 Å². The van der Waals surface area contributed by atoms with Crippen LogP contribution in [-0.2, 0) is 28.5 Å². The predicted molar refractivity (Wildman–Crippen MR) is 303 cm³/mol. The van der Waals surface area contributed by atoms with E-state index in [-0.39, 0.29) is 176 Å². The zero-order valence-electron chi connectivity index (χ0n) is 46.6. The second-order valence-electron chi connectivity index (χ2n) is 19.3. The van der Waals surface area contributed by atoms with Crippen molar-refractivity contribution in [2.75, 3.05) is 60.6 Å². The molecule has 420 valence electrons. The number of hydrogen-bond donors (Lipinski definition) is 1. The van der Waals surface area contributed by atoms with Gasteiger partial charge in [0.2, 0.25) is 17.6 Å². The zero-order chi connectivity index (χ0) is 52.1. The van der Waals surface area contributed by atoms with Crippen molar-refractivity contribution >= 4 is 66.3 Å². The van der Waals surface area contributed by atoms with E-state index < -0.39 is 11.2 Å². The third-order valence-electron chi connectivity index (χ3n) is 11.4. The Morgan fingerprint density at radius 2 is 1.18 bits per heavy atom. The molecule has 2 amide bonds. The SMILES string of the molecule is C.C.C.CC(C)(C)OC(=O)N1CC=C(B2OC(C)(C)C(C)(C)O2)CC1.COc1ncccc1C1=CCN(C(=O)OC(C)(C)C)CC1.COc1ncccc1C1CCNCC1.COc1ncccc1I.Cl.O=CO[O-].[H-].[K+].[K+]. The summed E-state index contributed by atoms with van der Waals surface area (Å²) in [6, 6.07) is 11.8. The monoisotopic (exact) mass is 1250 g/mol. The van der Waals surface area contributed by atoms with Crippen LogP contribution in [0.2, 0.25) is 0 Å². The van der Waals surface area contributed by atoms with Crippen molar-refractivity contribution in [1.29, 1.82) is 0 Å². The van der Waals surface area contributed by atoms with Crippen LogP contribution in [0.1, 0.15) is 136 Å². The third-order valence-corrected chi connectivity index (χ3v) is 12.2. The molecule has 23 heteroatoms. The zero-order valence-corrected chi connectivity index (χ0v) is 54.8. The molecule has 2 fully saturated rings. The maximum atomic E-state index is 12.1. The number of carbonyl (C=O) groups is 3. The summed E-state index contributed by atoms with van der Waals surface area (Å²) in [6.07, 6.45) is 12.6. The quantitative estimate of drug-likeness (QED) is 0.114. The topological polar surface area (TPSA) is 205 Å². The summed E-state index contributed by atoms with van der Waals surface area (Å²) >= 11 is 2.17. The molecule has 7 rings (SSSR count). The predicted octanol–water partition coefficient (Wildman–Crippen LogP) is 4.44. The molecule has 3 aromatic rings. The van der Waals surface area contributed by atoms with E-state index in [1.807, 2.05) is 112 Å². The van der Waals surface area contributed by atoms with Gasteiger partial charge < -0.3 is 59.7 Å². The fraction of sp³-hybridized carbons (Fsp3) is 0.585. The number of pyridine rings is 3. The van der Waals surface area contributed by atoms with Gasteiger partial charge in [-0.05, 0) is 178 Å². The Kier molecular flexibility index (Phi) is 42.5. The molecular weight excluding hydrogens is 1160 g/mol. The minimum Gasteiger partial charge on any atom is -1.00 e. The minimum atomic E-state index is -0.465. The number of methoxy groups -OCH3 is 3. The van der Waals surface area contributed by atoms with Gasteiger partial charge in [0.1, 0.15) is 11.2 Å². The van der Waals surface area contributed by atoms with Crippen LogP contribution in [0.5, 0.6) is 17.6 Å². The number of nitrogens with zero attached hydrogens (tertiary/aromatic N) is 5. The summed E-state index contributed by atoms with van der Waals surface area (Å²) in [5.41, 5.74) is 2.92. The standard InChI is InChI=1S/C16H28BNO4.C16H22N2O3.C11H16N2O.C6H6INO.CH2O3.3CH4.ClH.2K.H/c1-14(2,3)20-13(19)18-10-8-12(9-11-18)17-21-15(4,5)16(6,7)22-17;1-16(2,3)21-15(19)18-10-7-12(8-11-18)13-6-5-9-17-14(13)20-4;1-14-11-10(3-2-6-13-11)9-4-7-12-8-5-9;1-9-6-5(7)3-2-4-8-6;2-1-4-3;;;;;;;/h8H,9-11H2,1-7H3;5-7,9H,8,10-11H2,1-4H3;2-3,6,9,12H,4-5,7-8H2,1H3;2-4H,1H3;1,3H;3*1H4;1H;;;/q;;;;;;;;;2*+1;-1/p-1. The molecule has 7 heterocycles.